The molecule has 0 aromatic heterocycles. The molecule has 1 aliphatic heterocycles. The van der Waals surface area contributed by atoms with Crippen LogP contribution in [-0.4, -0.2) is 26.5 Å². The van der Waals surface area contributed by atoms with E-state index in [0.29, 0.717) is 30.4 Å². The predicted octanol–water partition coefficient (Wildman–Crippen LogP) is 5.61. The molecule has 0 unspecified atom stereocenters. The predicted molar refractivity (Wildman–Crippen MR) is 125 cm³/mol. The maximum atomic E-state index is 6.29. The van der Waals surface area contributed by atoms with Crippen molar-refractivity contribution in [1.29, 1.82) is 0 Å². The first-order valence-electron chi connectivity index (χ1n) is 10.4. The highest BCUT2D eigenvalue weighted by molar-refractivity contribution is 6.17. The Morgan fingerprint density at radius 2 is 1.81 bits per heavy atom. The summed E-state index contributed by atoms with van der Waals surface area (Å²) in [5, 5.41) is 0. The van der Waals surface area contributed by atoms with Crippen molar-refractivity contribution >= 4 is 17.3 Å². The minimum absolute atomic E-state index is 0.343. The van der Waals surface area contributed by atoms with Gasteiger partial charge in [-0.15, -0.1) is 11.6 Å². The Balaban J connectivity index is 1.60. The molecule has 4 rings (SSSR count). The second-order valence-electron chi connectivity index (χ2n) is 7.42. The van der Waals surface area contributed by atoms with E-state index in [1.54, 1.807) is 14.2 Å². The van der Waals surface area contributed by atoms with Gasteiger partial charge in [-0.25, -0.2) is 0 Å². The molecule has 31 heavy (non-hydrogen) atoms. The molecule has 3 aromatic carbocycles. The average molecular weight is 436 g/mol. The zero-order valence-electron chi connectivity index (χ0n) is 17.9. The zero-order chi connectivity index (χ0) is 21.6. The van der Waals surface area contributed by atoms with Gasteiger partial charge in [0.1, 0.15) is 12.4 Å². The molecular formula is C26H26ClNO3. The van der Waals surface area contributed by atoms with Crippen LogP contribution < -0.4 is 14.2 Å². The molecule has 0 bridgehead atoms. The Kier molecular flexibility index (Phi) is 6.78. The normalized spacial score (nSPS) is 12.7. The summed E-state index contributed by atoms with van der Waals surface area (Å²) >= 11 is 6.29. The number of rotatable bonds is 8. The molecule has 1 heterocycles. The van der Waals surface area contributed by atoms with E-state index in [4.69, 9.17) is 30.8 Å². The Bertz CT molecular complexity index is 1080. The van der Waals surface area contributed by atoms with E-state index in [9.17, 15) is 0 Å². The lowest BCUT2D eigenvalue weighted by atomic mass is 9.92. The van der Waals surface area contributed by atoms with Crippen LogP contribution in [0.25, 0.3) is 0 Å². The van der Waals surface area contributed by atoms with Crippen molar-refractivity contribution in [2.24, 2.45) is 4.99 Å². The highest BCUT2D eigenvalue weighted by atomic mass is 35.5. The fourth-order valence-electron chi connectivity index (χ4n) is 3.94. The van der Waals surface area contributed by atoms with Crippen molar-refractivity contribution in [3.63, 3.8) is 0 Å². The summed E-state index contributed by atoms with van der Waals surface area (Å²) in [5.41, 5.74) is 6.66. The molecule has 0 radical (unpaired) electrons. The molecule has 0 aliphatic carbocycles. The Morgan fingerprint density at radius 1 is 0.968 bits per heavy atom. The lowest BCUT2D eigenvalue weighted by Crippen LogP contribution is -2.16. The van der Waals surface area contributed by atoms with Crippen LogP contribution in [0.1, 0.15) is 27.8 Å². The number of ether oxygens (including phenoxy) is 3. The number of methoxy groups -OCH3 is 2. The lowest BCUT2D eigenvalue weighted by Gasteiger charge is -2.20. The third kappa shape index (κ3) is 4.70. The van der Waals surface area contributed by atoms with Gasteiger partial charge in [-0.3, -0.25) is 4.99 Å². The Morgan fingerprint density at radius 3 is 2.55 bits per heavy atom. The van der Waals surface area contributed by atoms with E-state index in [1.807, 2.05) is 36.4 Å². The summed E-state index contributed by atoms with van der Waals surface area (Å²) in [7, 11) is 3.27. The van der Waals surface area contributed by atoms with Crippen molar-refractivity contribution in [3.05, 3.63) is 88.5 Å². The van der Waals surface area contributed by atoms with Crippen LogP contribution in [0, 0.1) is 0 Å². The standard InChI is InChI=1S/C26H26ClNO3/c1-29-25-11-9-20(23(16-27)26(25)30-2)14-24-22-15-21(10-8-19(22)12-13-28-24)31-17-18-6-4-3-5-7-18/h3-11,15H,12-14,16-17H2,1-2H3. The molecule has 0 N–H and O–H groups in total. The fourth-order valence-corrected chi connectivity index (χ4v) is 4.24. The number of hydrogen-bond donors (Lipinski definition) is 0. The van der Waals surface area contributed by atoms with Gasteiger partial charge in [0.15, 0.2) is 11.5 Å². The quantitative estimate of drug-likeness (QED) is 0.432. The molecule has 160 valence electrons. The second kappa shape index (κ2) is 9.88. The number of alkyl halides is 1. The summed E-state index contributed by atoms with van der Waals surface area (Å²) < 4.78 is 17.1. The van der Waals surface area contributed by atoms with E-state index in [-0.39, 0.29) is 0 Å². The molecule has 5 heteroatoms. The number of nitrogens with zero attached hydrogens (tertiary/aromatic N) is 1. The van der Waals surface area contributed by atoms with Gasteiger partial charge in [-0.05, 0) is 41.3 Å². The van der Waals surface area contributed by atoms with E-state index >= 15 is 0 Å². The molecular weight excluding hydrogens is 410 g/mol. The van der Waals surface area contributed by atoms with E-state index in [1.165, 1.54) is 5.56 Å². The Hall–Kier alpha value is -2.98. The van der Waals surface area contributed by atoms with Gasteiger partial charge in [0, 0.05) is 29.8 Å². The summed E-state index contributed by atoms with van der Waals surface area (Å²) in [6, 6.07) is 20.5. The van der Waals surface area contributed by atoms with Gasteiger partial charge in [0.2, 0.25) is 0 Å². The number of halogens is 1. The minimum atomic E-state index is 0.343. The first-order valence-corrected chi connectivity index (χ1v) is 10.9. The van der Waals surface area contributed by atoms with E-state index in [0.717, 1.165) is 46.7 Å². The molecule has 0 saturated heterocycles. The molecule has 0 atom stereocenters. The van der Waals surface area contributed by atoms with Crippen molar-refractivity contribution in [3.8, 4) is 17.2 Å². The van der Waals surface area contributed by atoms with Crippen molar-refractivity contribution in [2.75, 3.05) is 20.8 Å². The third-order valence-corrected chi connectivity index (χ3v) is 5.83. The van der Waals surface area contributed by atoms with Crippen LogP contribution in [-0.2, 0) is 25.3 Å². The van der Waals surface area contributed by atoms with Gasteiger partial charge in [-0.2, -0.15) is 0 Å². The molecule has 0 amide bonds. The van der Waals surface area contributed by atoms with Gasteiger partial charge < -0.3 is 14.2 Å². The molecule has 1 aliphatic rings. The second-order valence-corrected chi connectivity index (χ2v) is 7.69. The van der Waals surface area contributed by atoms with Gasteiger partial charge in [-0.1, -0.05) is 42.5 Å². The van der Waals surface area contributed by atoms with Crippen LogP contribution in [0.4, 0.5) is 0 Å². The van der Waals surface area contributed by atoms with Crippen LogP contribution in [0.2, 0.25) is 0 Å². The molecule has 0 spiro atoms. The monoisotopic (exact) mass is 435 g/mol. The average Bonchev–Trinajstić information content (AvgIpc) is 2.83. The largest absolute Gasteiger partial charge is 0.493 e. The Labute approximate surface area is 188 Å². The minimum Gasteiger partial charge on any atom is -0.493 e. The molecule has 4 nitrogen and oxygen atoms in total. The number of fused-ring (bicyclic) bond motifs is 1. The lowest BCUT2D eigenvalue weighted by molar-refractivity contribution is 0.306. The third-order valence-electron chi connectivity index (χ3n) is 5.56. The fraction of sp³-hybridized carbons (Fsp3) is 0.269. The molecule has 0 fully saturated rings. The van der Waals surface area contributed by atoms with Crippen LogP contribution in [0.5, 0.6) is 17.2 Å². The number of hydrogen-bond acceptors (Lipinski definition) is 4. The smallest absolute Gasteiger partial charge is 0.165 e. The van der Waals surface area contributed by atoms with Gasteiger partial charge >= 0.3 is 0 Å². The molecule has 3 aromatic rings. The summed E-state index contributed by atoms with van der Waals surface area (Å²) in [6.07, 6.45) is 1.61. The van der Waals surface area contributed by atoms with Gasteiger partial charge in [0.05, 0.1) is 20.1 Å². The molecule has 0 saturated carbocycles. The summed E-state index contributed by atoms with van der Waals surface area (Å²) in [5.74, 6) is 2.56. The summed E-state index contributed by atoms with van der Waals surface area (Å²) in [4.78, 5) is 4.84. The maximum absolute atomic E-state index is 6.29. The first-order chi connectivity index (χ1) is 15.2. The number of benzene rings is 3. The van der Waals surface area contributed by atoms with Gasteiger partial charge in [0.25, 0.3) is 0 Å². The zero-order valence-corrected chi connectivity index (χ0v) is 18.6. The highest BCUT2D eigenvalue weighted by Crippen LogP contribution is 2.35. The van der Waals surface area contributed by atoms with E-state index in [2.05, 4.69) is 24.3 Å². The SMILES string of the molecule is COc1ccc(CC2=NCCc3ccc(OCc4ccccc4)cc32)c(CCl)c1OC. The first kappa shape index (κ1) is 21.3. The maximum Gasteiger partial charge on any atom is 0.165 e. The van der Waals surface area contributed by atoms with Crippen molar-refractivity contribution in [1.82, 2.24) is 0 Å². The van der Waals surface area contributed by atoms with Crippen LogP contribution in [0.3, 0.4) is 0 Å². The van der Waals surface area contributed by atoms with E-state index < -0.39 is 0 Å². The highest BCUT2D eigenvalue weighted by Gasteiger charge is 2.20. The van der Waals surface area contributed by atoms with Crippen molar-refractivity contribution < 1.29 is 14.2 Å². The van der Waals surface area contributed by atoms with Crippen LogP contribution >= 0.6 is 11.6 Å². The topological polar surface area (TPSA) is 40.0 Å². The van der Waals surface area contributed by atoms with Crippen molar-refractivity contribution in [2.45, 2.75) is 25.3 Å². The number of aliphatic imine (C=N–C) groups is 1. The summed E-state index contributed by atoms with van der Waals surface area (Å²) in [6.45, 7) is 1.33. The van der Waals surface area contributed by atoms with Crippen LogP contribution in [0.15, 0.2) is 65.7 Å².